The Morgan fingerprint density at radius 1 is 1.32 bits per heavy atom. The van der Waals surface area contributed by atoms with E-state index >= 15 is 0 Å². The van der Waals surface area contributed by atoms with Gasteiger partial charge >= 0.3 is 5.97 Å². The van der Waals surface area contributed by atoms with Crippen LogP contribution in [0.3, 0.4) is 0 Å². The molecule has 1 saturated carbocycles. The van der Waals surface area contributed by atoms with Gasteiger partial charge < -0.3 is 14.4 Å². The quantitative estimate of drug-likeness (QED) is 0.581. The van der Waals surface area contributed by atoms with Crippen molar-refractivity contribution in [2.75, 3.05) is 0 Å². The fourth-order valence-corrected chi connectivity index (χ4v) is 7.80. The molecule has 2 aliphatic heterocycles. The first-order valence-corrected chi connectivity index (χ1v) is 13.0. The second-order valence-corrected chi connectivity index (χ2v) is 16.9. The molecule has 1 unspecified atom stereocenters. The molecule has 0 aromatic rings. The SMILES string of the molecule is CC(C)(C)[Si](C)(C)O[C@H]1C[C@]12C(=O)N1C2S(=O)(=O)C(C)(C)[C@@H]1C(=O)O. The number of carbonyl (C=O) groups is 2. The number of hydrogen-bond acceptors (Lipinski definition) is 5. The molecule has 3 fully saturated rings. The number of sulfone groups is 1. The molecule has 3 aliphatic rings. The summed E-state index contributed by atoms with van der Waals surface area (Å²) in [5.41, 5.74) is -1.07. The Hall–Kier alpha value is -0.933. The average molecular weight is 390 g/mol. The van der Waals surface area contributed by atoms with Crippen LogP contribution in [0.5, 0.6) is 0 Å². The predicted octanol–water partition coefficient (Wildman–Crippen LogP) is 1.60. The Kier molecular flexibility index (Phi) is 3.52. The van der Waals surface area contributed by atoms with Crippen molar-refractivity contribution < 1.29 is 27.5 Å². The number of amides is 1. The van der Waals surface area contributed by atoms with E-state index < -0.39 is 51.8 Å². The van der Waals surface area contributed by atoms with Crippen molar-refractivity contribution in [1.29, 1.82) is 0 Å². The van der Waals surface area contributed by atoms with E-state index in [9.17, 15) is 23.1 Å². The molecule has 1 amide bonds. The molecule has 25 heavy (non-hydrogen) atoms. The van der Waals surface area contributed by atoms with Crippen LogP contribution in [0, 0.1) is 5.41 Å². The van der Waals surface area contributed by atoms with Gasteiger partial charge in [-0.1, -0.05) is 20.8 Å². The molecule has 4 atom stereocenters. The van der Waals surface area contributed by atoms with E-state index in [0.717, 1.165) is 4.90 Å². The summed E-state index contributed by atoms with van der Waals surface area (Å²) in [6.07, 6.45) is -0.0681. The minimum absolute atomic E-state index is 0.0549. The van der Waals surface area contributed by atoms with E-state index in [1.165, 1.54) is 13.8 Å². The lowest BCUT2D eigenvalue weighted by Gasteiger charge is -2.45. The van der Waals surface area contributed by atoms with E-state index in [-0.39, 0.29) is 10.9 Å². The molecule has 3 rings (SSSR count). The lowest BCUT2D eigenvalue weighted by Crippen LogP contribution is -2.66. The molecule has 7 nitrogen and oxygen atoms in total. The first-order chi connectivity index (χ1) is 11.0. The van der Waals surface area contributed by atoms with Gasteiger partial charge in [-0.05, 0) is 38.4 Å². The summed E-state index contributed by atoms with van der Waals surface area (Å²) in [5.74, 6) is -1.66. The number of carboxylic acids is 1. The monoisotopic (exact) mass is 389 g/mol. The molecule has 0 aromatic heterocycles. The minimum Gasteiger partial charge on any atom is -0.480 e. The highest BCUT2D eigenvalue weighted by molar-refractivity contribution is 7.94. The Bertz CT molecular complexity index is 768. The number of fused-ring (bicyclic) bond motifs is 2. The number of rotatable bonds is 3. The van der Waals surface area contributed by atoms with Crippen molar-refractivity contribution in [3.05, 3.63) is 0 Å². The third kappa shape index (κ3) is 2.03. The van der Waals surface area contributed by atoms with Crippen molar-refractivity contribution in [3.63, 3.8) is 0 Å². The van der Waals surface area contributed by atoms with Gasteiger partial charge in [0.05, 0.1) is 10.9 Å². The summed E-state index contributed by atoms with van der Waals surface area (Å²) in [7, 11) is -5.96. The molecule has 9 heteroatoms. The largest absolute Gasteiger partial charge is 0.480 e. The smallest absolute Gasteiger partial charge is 0.328 e. The number of carboxylic acid groups (broad SMARTS) is 1. The van der Waals surface area contributed by atoms with Crippen LogP contribution in [-0.2, 0) is 23.9 Å². The van der Waals surface area contributed by atoms with Gasteiger partial charge in [-0.2, -0.15) is 0 Å². The zero-order valence-corrected chi connectivity index (χ0v) is 17.6. The summed E-state index contributed by atoms with van der Waals surface area (Å²) in [6, 6.07) is -1.34. The summed E-state index contributed by atoms with van der Waals surface area (Å²) in [5, 5.41) is 8.36. The summed E-state index contributed by atoms with van der Waals surface area (Å²) in [6.45, 7) is 13.2. The lowest BCUT2D eigenvalue weighted by molar-refractivity contribution is -0.167. The highest BCUT2D eigenvalue weighted by Crippen LogP contribution is 2.68. The van der Waals surface area contributed by atoms with Crippen LogP contribution in [0.15, 0.2) is 0 Å². The molecular formula is C16H27NO6SSi. The highest BCUT2D eigenvalue weighted by Gasteiger charge is 2.86. The maximum absolute atomic E-state index is 13.0. The van der Waals surface area contributed by atoms with Gasteiger partial charge in [0, 0.05) is 0 Å². The van der Waals surface area contributed by atoms with Gasteiger partial charge in [-0.15, -0.1) is 0 Å². The third-order valence-corrected chi connectivity index (χ3v) is 14.1. The second-order valence-electron chi connectivity index (χ2n) is 9.57. The normalized spacial score (nSPS) is 38.4. The maximum atomic E-state index is 13.0. The fourth-order valence-electron chi connectivity index (χ4n) is 3.92. The van der Waals surface area contributed by atoms with Gasteiger partial charge in [0.15, 0.2) is 23.5 Å². The molecule has 0 bridgehead atoms. The molecule has 2 saturated heterocycles. The lowest BCUT2D eigenvalue weighted by atomic mass is 9.89. The minimum atomic E-state index is -3.80. The zero-order chi connectivity index (χ0) is 19.4. The topological polar surface area (TPSA) is 101 Å². The molecule has 0 aromatic carbocycles. The number of aliphatic carboxylic acids is 1. The van der Waals surface area contributed by atoms with E-state index in [2.05, 4.69) is 33.9 Å². The average Bonchev–Trinajstić information content (AvgIpc) is 3.07. The number of carbonyl (C=O) groups excluding carboxylic acids is 1. The Balaban J connectivity index is 1.94. The molecule has 0 radical (unpaired) electrons. The van der Waals surface area contributed by atoms with E-state index in [1.54, 1.807) is 0 Å². The summed E-state index contributed by atoms with van der Waals surface area (Å²) >= 11 is 0. The summed E-state index contributed by atoms with van der Waals surface area (Å²) < 4.78 is 30.8. The van der Waals surface area contributed by atoms with Crippen LogP contribution in [-0.4, -0.2) is 60.9 Å². The molecule has 1 N–H and O–H groups in total. The van der Waals surface area contributed by atoms with Crippen LogP contribution in [0.2, 0.25) is 18.1 Å². The van der Waals surface area contributed by atoms with Crippen molar-refractivity contribution in [2.45, 2.75) is 81.4 Å². The first kappa shape index (κ1) is 18.8. The van der Waals surface area contributed by atoms with Crippen molar-refractivity contribution >= 4 is 30.0 Å². The van der Waals surface area contributed by atoms with Crippen molar-refractivity contribution in [2.24, 2.45) is 5.41 Å². The van der Waals surface area contributed by atoms with Gasteiger partial charge in [0.25, 0.3) is 0 Å². The van der Waals surface area contributed by atoms with E-state index in [0.29, 0.717) is 6.42 Å². The molecule has 2 heterocycles. The Morgan fingerprint density at radius 3 is 2.28 bits per heavy atom. The standard InChI is InChI=1S/C16H27NO6SSi/c1-14(2,3)25(6,7)23-9-8-16(9)12(20)17-10(11(18)19)15(4,5)24(21,22)13(16)17/h9-10,13H,8H2,1-7H3,(H,18,19)/t9-,10-,13?,16+/m0/s1. The van der Waals surface area contributed by atoms with Gasteiger partial charge in [-0.25, -0.2) is 13.2 Å². The number of β-lactam (4-membered cyclic amide) rings is 1. The maximum Gasteiger partial charge on any atom is 0.328 e. The predicted molar refractivity (Wildman–Crippen MR) is 94.2 cm³/mol. The van der Waals surface area contributed by atoms with E-state index in [1.807, 2.05) is 0 Å². The first-order valence-electron chi connectivity index (χ1n) is 8.50. The van der Waals surface area contributed by atoms with Crippen LogP contribution < -0.4 is 0 Å². The van der Waals surface area contributed by atoms with Crippen molar-refractivity contribution in [3.8, 4) is 0 Å². The molecular weight excluding hydrogens is 362 g/mol. The van der Waals surface area contributed by atoms with Gasteiger partial charge in [0.1, 0.15) is 11.5 Å². The third-order valence-electron chi connectivity index (χ3n) is 6.70. The van der Waals surface area contributed by atoms with Crippen molar-refractivity contribution in [1.82, 2.24) is 4.90 Å². The fraction of sp³-hybridized carbons (Fsp3) is 0.875. The number of hydrogen-bond donors (Lipinski definition) is 1. The Morgan fingerprint density at radius 2 is 1.84 bits per heavy atom. The highest BCUT2D eigenvalue weighted by atomic mass is 32.2. The van der Waals surface area contributed by atoms with Gasteiger partial charge in [0.2, 0.25) is 5.91 Å². The van der Waals surface area contributed by atoms with Crippen LogP contribution in [0.1, 0.15) is 41.0 Å². The second kappa shape index (κ2) is 4.67. The molecule has 1 aliphatic carbocycles. The zero-order valence-electron chi connectivity index (χ0n) is 15.8. The van der Waals surface area contributed by atoms with Crippen LogP contribution in [0.25, 0.3) is 0 Å². The number of nitrogens with zero attached hydrogens (tertiary/aromatic N) is 1. The summed E-state index contributed by atoms with van der Waals surface area (Å²) in [4.78, 5) is 25.5. The van der Waals surface area contributed by atoms with Crippen LogP contribution >= 0.6 is 0 Å². The molecule has 1 spiro atoms. The van der Waals surface area contributed by atoms with E-state index in [4.69, 9.17) is 4.43 Å². The van der Waals surface area contributed by atoms with Crippen LogP contribution in [0.4, 0.5) is 0 Å². The molecule has 142 valence electrons. The van der Waals surface area contributed by atoms with Gasteiger partial charge in [-0.3, -0.25) is 4.79 Å². The Labute approximate surface area is 149 Å².